The van der Waals surface area contributed by atoms with Gasteiger partial charge in [-0.2, -0.15) is 4.98 Å². The molecular weight excluding hydrogens is 490 g/mol. The van der Waals surface area contributed by atoms with Gasteiger partial charge in [-0.15, -0.1) is 0 Å². The molecule has 37 heavy (non-hydrogen) atoms. The zero-order valence-electron chi connectivity index (χ0n) is 21.8. The van der Waals surface area contributed by atoms with Crippen molar-refractivity contribution in [1.29, 1.82) is 0 Å². The number of halogens is 1. The topological polar surface area (TPSA) is 94.7 Å². The number of nitrogens with one attached hydrogen (secondary N) is 3. The largest absolute Gasteiger partial charge is 0.383 e. The Balaban J connectivity index is 1.52. The van der Waals surface area contributed by atoms with E-state index in [2.05, 4.69) is 49.0 Å². The summed E-state index contributed by atoms with van der Waals surface area (Å²) in [5.41, 5.74) is 5.60. The summed E-state index contributed by atoms with van der Waals surface area (Å²) in [5, 5.41) is 9.56. The summed E-state index contributed by atoms with van der Waals surface area (Å²) in [6, 6.07) is 12.0. The van der Waals surface area contributed by atoms with Crippen molar-refractivity contribution >= 4 is 46.3 Å². The molecule has 0 bridgehead atoms. The van der Waals surface area contributed by atoms with Crippen LogP contribution in [0, 0.1) is 0 Å². The fourth-order valence-corrected chi connectivity index (χ4v) is 4.45. The molecular formula is C27H34ClN7O2. The molecule has 0 spiro atoms. The highest BCUT2D eigenvalue weighted by Gasteiger charge is 2.16. The number of nitrogens with zero attached hydrogens (tertiary/aromatic N) is 4. The number of amides is 1. The van der Waals surface area contributed by atoms with Crippen LogP contribution in [-0.2, 0) is 17.6 Å². The van der Waals surface area contributed by atoms with E-state index in [0.29, 0.717) is 28.0 Å². The number of methoxy groups -OCH3 is 1. The monoisotopic (exact) mass is 523 g/mol. The van der Waals surface area contributed by atoms with Crippen molar-refractivity contribution in [3.63, 3.8) is 0 Å². The maximum absolute atomic E-state index is 12.5. The van der Waals surface area contributed by atoms with Crippen molar-refractivity contribution in [3.05, 3.63) is 64.3 Å². The van der Waals surface area contributed by atoms with Crippen LogP contribution in [0.25, 0.3) is 0 Å². The Morgan fingerprint density at radius 1 is 1.11 bits per heavy atom. The highest BCUT2D eigenvalue weighted by molar-refractivity contribution is 6.33. The predicted molar refractivity (Wildman–Crippen MR) is 150 cm³/mol. The third kappa shape index (κ3) is 6.68. The second-order valence-electron chi connectivity index (χ2n) is 9.16. The zero-order chi connectivity index (χ0) is 26.4. The molecule has 9 nitrogen and oxygen atoms in total. The first-order chi connectivity index (χ1) is 17.9. The number of fused-ring (bicyclic) bond motifs is 1. The zero-order valence-corrected chi connectivity index (χ0v) is 22.5. The number of carbonyl (C=O) groups excluding carboxylic acids is 1. The number of carbonyl (C=O) groups is 1. The number of hydrogen-bond acceptors (Lipinski definition) is 8. The molecule has 1 aliphatic heterocycles. The summed E-state index contributed by atoms with van der Waals surface area (Å²) in [5.74, 6) is 0.611. The van der Waals surface area contributed by atoms with Gasteiger partial charge in [0.2, 0.25) is 5.95 Å². The molecule has 4 rings (SSSR count). The van der Waals surface area contributed by atoms with E-state index < -0.39 is 0 Å². The Morgan fingerprint density at radius 3 is 2.62 bits per heavy atom. The highest BCUT2D eigenvalue weighted by Crippen LogP contribution is 2.29. The second-order valence-corrected chi connectivity index (χ2v) is 9.57. The van der Waals surface area contributed by atoms with Gasteiger partial charge in [0.05, 0.1) is 24.1 Å². The van der Waals surface area contributed by atoms with Crippen LogP contribution in [0.5, 0.6) is 0 Å². The molecule has 2 aromatic carbocycles. The fraction of sp³-hybridized carbons (Fsp3) is 0.370. The molecule has 10 heteroatoms. The Labute approximate surface area is 223 Å². The van der Waals surface area contributed by atoms with E-state index in [0.717, 1.165) is 50.5 Å². The Kier molecular flexibility index (Phi) is 8.81. The van der Waals surface area contributed by atoms with Crippen molar-refractivity contribution in [2.24, 2.45) is 0 Å². The highest BCUT2D eigenvalue weighted by atomic mass is 35.5. The van der Waals surface area contributed by atoms with Gasteiger partial charge in [-0.1, -0.05) is 17.7 Å². The number of rotatable bonds is 9. The van der Waals surface area contributed by atoms with Gasteiger partial charge in [0.25, 0.3) is 5.91 Å². The van der Waals surface area contributed by atoms with E-state index in [9.17, 15) is 4.79 Å². The summed E-state index contributed by atoms with van der Waals surface area (Å²) in [6.45, 7) is 3.74. The van der Waals surface area contributed by atoms with Crippen LogP contribution in [0.15, 0.2) is 42.6 Å². The van der Waals surface area contributed by atoms with Gasteiger partial charge in [-0.05, 0) is 54.3 Å². The van der Waals surface area contributed by atoms with Crippen LogP contribution in [0.4, 0.5) is 28.8 Å². The molecule has 1 amide bonds. The van der Waals surface area contributed by atoms with Crippen LogP contribution in [-0.4, -0.2) is 75.3 Å². The summed E-state index contributed by atoms with van der Waals surface area (Å²) < 4.78 is 5.24. The van der Waals surface area contributed by atoms with E-state index in [1.165, 1.54) is 11.1 Å². The molecule has 0 radical (unpaired) electrons. The molecule has 0 saturated heterocycles. The van der Waals surface area contributed by atoms with E-state index in [4.69, 9.17) is 16.3 Å². The number of benzene rings is 2. The number of aromatic nitrogens is 2. The molecule has 196 valence electrons. The normalized spacial score (nSPS) is 13.4. The molecule has 0 aliphatic carbocycles. The van der Waals surface area contributed by atoms with E-state index >= 15 is 0 Å². The summed E-state index contributed by atoms with van der Waals surface area (Å²) in [6.07, 6.45) is 3.54. The molecule has 1 aliphatic rings. The second kappa shape index (κ2) is 12.2. The van der Waals surface area contributed by atoms with Gasteiger partial charge < -0.3 is 30.5 Å². The van der Waals surface area contributed by atoms with Gasteiger partial charge in [-0.25, -0.2) is 4.98 Å². The summed E-state index contributed by atoms with van der Waals surface area (Å²) >= 11 is 6.42. The maximum Gasteiger partial charge on any atom is 0.253 e. The minimum Gasteiger partial charge on any atom is -0.383 e. The standard InChI is InChI=1S/C27H34ClN7O2/c1-29-26(36)22-16-21(34(2)3)7-8-24(22)32-25-23(28)17-30-27(33-25)31-20-6-5-18-9-11-35(13-14-37-4)12-10-19(18)15-20/h5-8,15-17H,9-14H2,1-4H3,(H,29,36)(H2,30,31,32,33). The SMILES string of the molecule is CNC(=O)c1cc(N(C)C)ccc1Nc1nc(Nc2ccc3c(c2)CCN(CCOC)CC3)ncc1Cl. The van der Waals surface area contributed by atoms with Crippen LogP contribution in [0.1, 0.15) is 21.5 Å². The Bertz CT molecular complexity index is 1250. The molecule has 0 unspecified atom stereocenters. The van der Waals surface area contributed by atoms with Crippen molar-refractivity contribution < 1.29 is 9.53 Å². The quantitative estimate of drug-likeness (QED) is 0.386. The summed E-state index contributed by atoms with van der Waals surface area (Å²) in [7, 11) is 7.20. The number of ether oxygens (including phenoxy) is 1. The minimum atomic E-state index is -0.208. The summed E-state index contributed by atoms with van der Waals surface area (Å²) in [4.78, 5) is 25.9. The molecule has 2 heterocycles. The van der Waals surface area contributed by atoms with Crippen LogP contribution >= 0.6 is 11.6 Å². The van der Waals surface area contributed by atoms with Crippen molar-refractivity contribution in [2.75, 3.05) is 70.0 Å². The fourth-order valence-electron chi connectivity index (χ4n) is 4.31. The van der Waals surface area contributed by atoms with Crippen molar-refractivity contribution in [2.45, 2.75) is 12.8 Å². The predicted octanol–water partition coefficient (Wildman–Crippen LogP) is 4.09. The lowest BCUT2D eigenvalue weighted by Gasteiger charge is -2.18. The minimum absolute atomic E-state index is 0.208. The molecule has 3 aromatic rings. The third-order valence-corrected chi connectivity index (χ3v) is 6.73. The van der Waals surface area contributed by atoms with Crippen LogP contribution in [0.3, 0.4) is 0 Å². The maximum atomic E-state index is 12.5. The average Bonchev–Trinajstić information content (AvgIpc) is 3.11. The first kappa shape index (κ1) is 26.7. The smallest absolute Gasteiger partial charge is 0.253 e. The Morgan fingerprint density at radius 2 is 1.89 bits per heavy atom. The van der Waals surface area contributed by atoms with Crippen molar-refractivity contribution in [1.82, 2.24) is 20.2 Å². The number of anilines is 5. The molecule has 0 atom stereocenters. The first-order valence-electron chi connectivity index (χ1n) is 12.3. The lowest BCUT2D eigenvalue weighted by molar-refractivity contribution is 0.0964. The molecule has 0 saturated carbocycles. The van der Waals surface area contributed by atoms with Gasteiger partial charge >= 0.3 is 0 Å². The van der Waals surface area contributed by atoms with E-state index in [-0.39, 0.29) is 5.91 Å². The van der Waals surface area contributed by atoms with Crippen LogP contribution < -0.4 is 20.9 Å². The van der Waals surface area contributed by atoms with E-state index in [1.54, 1.807) is 20.4 Å². The van der Waals surface area contributed by atoms with Crippen molar-refractivity contribution in [3.8, 4) is 0 Å². The third-order valence-electron chi connectivity index (χ3n) is 6.46. The Hall–Kier alpha value is -3.40. The lowest BCUT2D eigenvalue weighted by Crippen LogP contribution is -2.29. The number of hydrogen-bond donors (Lipinski definition) is 3. The molecule has 0 fully saturated rings. The van der Waals surface area contributed by atoms with Gasteiger partial charge in [0.1, 0.15) is 5.02 Å². The molecule has 1 aromatic heterocycles. The van der Waals surface area contributed by atoms with Gasteiger partial charge in [-0.3, -0.25) is 4.79 Å². The first-order valence-corrected chi connectivity index (χ1v) is 12.7. The van der Waals surface area contributed by atoms with Gasteiger partial charge in [0, 0.05) is 59.3 Å². The lowest BCUT2D eigenvalue weighted by atomic mass is 10.0. The van der Waals surface area contributed by atoms with E-state index in [1.807, 2.05) is 37.2 Å². The van der Waals surface area contributed by atoms with Crippen LogP contribution in [0.2, 0.25) is 5.02 Å². The van der Waals surface area contributed by atoms with Gasteiger partial charge in [0.15, 0.2) is 5.82 Å². The average molecular weight is 524 g/mol. The molecule has 3 N–H and O–H groups in total.